The summed E-state index contributed by atoms with van der Waals surface area (Å²) in [6.07, 6.45) is 11.7. The fourth-order valence-electron chi connectivity index (χ4n) is 5.75. The SMILES string of the molecule is C=C1C(=CC=C2CCC[C@]3(C)C([C@H](C)CC=S(N)(=O)C(C)(C)C)=CC[C@@H]23)C[C@@H](O)C[C@@H]1O. The largest absolute Gasteiger partial charge is 0.393 e. The molecule has 5 heteroatoms. The Kier molecular flexibility index (Phi) is 7.36. The van der Waals surface area contributed by atoms with Crippen LogP contribution in [-0.4, -0.2) is 36.7 Å². The second-order valence-electron chi connectivity index (χ2n) is 11.4. The fraction of sp³-hybridized carbons (Fsp3) is 0.667. The molecule has 0 heterocycles. The first kappa shape index (κ1) is 25.5. The van der Waals surface area contributed by atoms with Crippen molar-refractivity contribution in [3.05, 3.63) is 47.1 Å². The minimum atomic E-state index is -2.49. The lowest BCUT2D eigenvalue weighted by atomic mass is 9.62. The molecule has 0 amide bonds. The van der Waals surface area contributed by atoms with Crippen LogP contribution in [0.5, 0.6) is 0 Å². The molecule has 2 saturated carbocycles. The number of nitrogens with two attached hydrogens (primary N) is 1. The van der Waals surface area contributed by atoms with Crippen LogP contribution in [0.1, 0.15) is 79.6 Å². The number of allylic oxidation sites excluding steroid dienone is 5. The van der Waals surface area contributed by atoms with Crippen LogP contribution in [0.4, 0.5) is 0 Å². The van der Waals surface area contributed by atoms with Crippen molar-refractivity contribution < 1.29 is 14.4 Å². The highest BCUT2D eigenvalue weighted by atomic mass is 32.2. The van der Waals surface area contributed by atoms with Crippen LogP contribution >= 0.6 is 0 Å². The zero-order valence-corrected chi connectivity index (χ0v) is 21.4. The topological polar surface area (TPSA) is 83.6 Å². The lowest BCUT2D eigenvalue weighted by molar-refractivity contribution is 0.0862. The normalized spacial score (nSPS) is 36.6. The predicted octanol–water partition coefficient (Wildman–Crippen LogP) is 4.83. The van der Waals surface area contributed by atoms with E-state index >= 15 is 0 Å². The smallest absolute Gasteiger partial charge is 0.0811 e. The average molecular weight is 462 g/mol. The van der Waals surface area contributed by atoms with Crippen molar-refractivity contribution in [3.63, 3.8) is 0 Å². The van der Waals surface area contributed by atoms with Gasteiger partial charge in [-0.25, -0.2) is 0 Å². The van der Waals surface area contributed by atoms with Gasteiger partial charge in [0.25, 0.3) is 0 Å². The van der Waals surface area contributed by atoms with Crippen LogP contribution in [0.2, 0.25) is 0 Å². The van der Waals surface area contributed by atoms with E-state index in [0.29, 0.717) is 24.7 Å². The maximum atomic E-state index is 12.9. The molecule has 0 bridgehead atoms. The van der Waals surface area contributed by atoms with Crippen molar-refractivity contribution in [2.45, 2.75) is 96.5 Å². The molecule has 2 fully saturated rings. The standard InChI is InChI=1S/C27H43NO3S/c1-18(13-15-32(28,31)26(3,4)5)23-11-12-24-20(8-7-14-27(23,24)6)9-10-21-16-22(29)17-25(30)19(21)2/h9-11,15,18,22,24-25,29-30H,2,7-8,12-14,16-17H2,1,3-6H3,(H2,28,31)/t18-,22-,24+,25+,27-,32?/m1/s1. The summed E-state index contributed by atoms with van der Waals surface area (Å²) in [5.41, 5.74) is 4.76. The molecule has 6 atom stereocenters. The number of fused-ring (bicyclic) bond motifs is 1. The highest BCUT2D eigenvalue weighted by Crippen LogP contribution is 2.56. The molecule has 3 rings (SSSR count). The number of hydrogen-bond donors (Lipinski definition) is 3. The van der Waals surface area contributed by atoms with Gasteiger partial charge in [-0.3, -0.25) is 9.35 Å². The second kappa shape index (κ2) is 9.25. The van der Waals surface area contributed by atoms with Crippen molar-refractivity contribution in [1.82, 2.24) is 0 Å². The summed E-state index contributed by atoms with van der Waals surface area (Å²) >= 11 is 0. The summed E-state index contributed by atoms with van der Waals surface area (Å²) in [6, 6.07) is 0. The molecule has 0 spiro atoms. The van der Waals surface area contributed by atoms with Gasteiger partial charge >= 0.3 is 0 Å². The van der Waals surface area contributed by atoms with E-state index in [4.69, 9.17) is 5.14 Å². The first-order valence-corrected chi connectivity index (χ1v) is 13.7. The van der Waals surface area contributed by atoms with Gasteiger partial charge < -0.3 is 10.2 Å². The molecular formula is C27H43NO3S. The molecule has 180 valence electrons. The molecule has 0 saturated heterocycles. The highest BCUT2D eigenvalue weighted by Gasteiger charge is 2.45. The highest BCUT2D eigenvalue weighted by molar-refractivity contribution is 8.00. The third kappa shape index (κ3) is 5.01. The Morgan fingerprint density at radius 2 is 2.03 bits per heavy atom. The van der Waals surface area contributed by atoms with Crippen LogP contribution in [0.3, 0.4) is 0 Å². The average Bonchev–Trinajstić information content (AvgIpc) is 3.04. The van der Waals surface area contributed by atoms with E-state index in [0.717, 1.165) is 36.8 Å². The zero-order valence-electron chi connectivity index (χ0n) is 20.6. The fourth-order valence-corrected chi connectivity index (χ4v) is 6.82. The summed E-state index contributed by atoms with van der Waals surface area (Å²) in [5.74, 6) is 0.792. The van der Waals surface area contributed by atoms with Crippen LogP contribution in [0, 0.1) is 17.3 Å². The molecule has 3 aliphatic carbocycles. The van der Waals surface area contributed by atoms with E-state index in [1.165, 1.54) is 17.6 Å². The van der Waals surface area contributed by atoms with E-state index < -0.39 is 26.7 Å². The maximum absolute atomic E-state index is 12.9. The number of hydrogen-bond acceptors (Lipinski definition) is 3. The molecule has 4 nitrogen and oxygen atoms in total. The summed E-state index contributed by atoms with van der Waals surface area (Å²) in [7, 11) is -2.49. The van der Waals surface area contributed by atoms with Crippen LogP contribution in [-0.2, 0) is 9.71 Å². The van der Waals surface area contributed by atoms with Crippen molar-refractivity contribution in [3.8, 4) is 0 Å². The Balaban J connectivity index is 1.79. The Hall–Kier alpha value is -1.14. The van der Waals surface area contributed by atoms with E-state index in [9.17, 15) is 14.4 Å². The predicted molar refractivity (Wildman–Crippen MR) is 137 cm³/mol. The molecule has 4 N–H and O–H groups in total. The minimum Gasteiger partial charge on any atom is -0.393 e. The Morgan fingerprint density at radius 3 is 2.69 bits per heavy atom. The van der Waals surface area contributed by atoms with E-state index in [1.54, 1.807) is 0 Å². The molecular weight excluding hydrogens is 418 g/mol. The van der Waals surface area contributed by atoms with Crippen molar-refractivity contribution in [1.29, 1.82) is 0 Å². The van der Waals surface area contributed by atoms with Crippen LogP contribution in [0.15, 0.2) is 47.1 Å². The van der Waals surface area contributed by atoms with Crippen molar-refractivity contribution in [2.75, 3.05) is 0 Å². The molecule has 32 heavy (non-hydrogen) atoms. The monoisotopic (exact) mass is 461 g/mol. The molecule has 0 aromatic carbocycles. The van der Waals surface area contributed by atoms with Gasteiger partial charge in [-0.15, -0.1) is 0 Å². The maximum Gasteiger partial charge on any atom is 0.0811 e. The summed E-state index contributed by atoms with van der Waals surface area (Å²) in [4.78, 5) is 0. The van der Waals surface area contributed by atoms with E-state index in [-0.39, 0.29) is 5.41 Å². The van der Waals surface area contributed by atoms with Gasteiger partial charge in [0.1, 0.15) is 0 Å². The van der Waals surface area contributed by atoms with Gasteiger partial charge in [0.15, 0.2) is 0 Å². The van der Waals surface area contributed by atoms with Gasteiger partial charge in [0.2, 0.25) is 0 Å². The zero-order chi connectivity index (χ0) is 23.9. The van der Waals surface area contributed by atoms with Gasteiger partial charge in [0.05, 0.1) is 12.2 Å². The molecule has 0 aliphatic heterocycles. The molecule has 3 aliphatic rings. The lowest BCUT2D eigenvalue weighted by Crippen LogP contribution is -2.37. The van der Waals surface area contributed by atoms with Gasteiger partial charge in [0, 0.05) is 20.9 Å². The van der Waals surface area contributed by atoms with Gasteiger partial charge in [-0.1, -0.05) is 49.8 Å². The van der Waals surface area contributed by atoms with Gasteiger partial charge in [-0.2, -0.15) is 0 Å². The van der Waals surface area contributed by atoms with Crippen LogP contribution in [0.25, 0.3) is 0 Å². The Bertz CT molecular complexity index is 958. The van der Waals surface area contributed by atoms with E-state index in [2.05, 4.69) is 38.7 Å². The van der Waals surface area contributed by atoms with Crippen LogP contribution < -0.4 is 5.14 Å². The number of rotatable bonds is 4. The quantitative estimate of drug-likeness (QED) is 0.414. The second-order valence-corrected chi connectivity index (χ2v) is 14.2. The summed E-state index contributed by atoms with van der Waals surface area (Å²) < 4.78 is 12.5. The van der Waals surface area contributed by atoms with E-state index in [1.807, 2.05) is 26.1 Å². The van der Waals surface area contributed by atoms with Gasteiger partial charge in [-0.05, 0) is 93.1 Å². The third-order valence-electron chi connectivity index (χ3n) is 8.06. The summed E-state index contributed by atoms with van der Waals surface area (Å²) in [5, 5.41) is 28.2. The minimum absolute atomic E-state index is 0.121. The lowest BCUT2D eigenvalue weighted by Gasteiger charge is -2.42. The summed E-state index contributed by atoms with van der Waals surface area (Å²) in [6.45, 7) is 14.5. The molecule has 0 aromatic rings. The van der Waals surface area contributed by atoms with Crippen molar-refractivity contribution >= 4 is 15.1 Å². The Morgan fingerprint density at radius 1 is 1.34 bits per heavy atom. The van der Waals surface area contributed by atoms with Crippen molar-refractivity contribution in [2.24, 2.45) is 22.4 Å². The molecule has 0 radical (unpaired) electrons. The number of aliphatic hydroxyl groups excluding tert-OH is 2. The molecule has 1 unspecified atom stereocenters. The molecule has 0 aromatic heterocycles. The first-order valence-electron chi connectivity index (χ1n) is 12.1. The number of aliphatic hydroxyl groups is 2. The Labute approximate surface area is 195 Å². The third-order valence-corrected chi connectivity index (χ3v) is 10.7. The first-order chi connectivity index (χ1) is 14.8.